The highest BCUT2D eigenvalue weighted by Gasteiger charge is 2.22. The molecule has 1 fully saturated rings. The normalized spacial score (nSPS) is 19.2. The van der Waals surface area contributed by atoms with Crippen LogP contribution >= 0.6 is 0 Å². The molecule has 0 radical (unpaired) electrons. The van der Waals surface area contributed by atoms with Crippen molar-refractivity contribution in [2.24, 2.45) is 0 Å². The number of carbonyl (C=O) groups is 1. The number of likely N-dealkylation sites (tertiary alicyclic amines) is 1. The highest BCUT2D eigenvalue weighted by Crippen LogP contribution is 2.28. The lowest BCUT2D eigenvalue weighted by atomic mass is 9.89. The van der Waals surface area contributed by atoms with E-state index in [-0.39, 0.29) is 0 Å². The number of aromatic carboxylic acids is 1. The van der Waals surface area contributed by atoms with Gasteiger partial charge in [-0.3, -0.25) is 4.90 Å². The molecule has 1 unspecified atom stereocenters. The summed E-state index contributed by atoms with van der Waals surface area (Å²) in [6.07, 6.45) is 3.98. The maximum Gasteiger partial charge on any atom is 0.335 e. The molecule has 2 heterocycles. The van der Waals surface area contributed by atoms with Crippen molar-refractivity contribution in [2.75, 3.05) is 13.1 Å². The number of nitrogens with one attached hydrogen (secondary N) is 1. The summed E-state index contributed by atoms with van der Waals surface area (Å²) in [6, 6.07) is 7.35. The second-order valence-electron chi connectivity index (χ2n) is 5.98. The lowest BCUT2D eigenvalue weighted by Gasteiger charge is -2.32. The van der Waals surface area contributed by atoms with Crippen LogP contribution in [-0.4, -0.2) is 39.0 Å². The minimum atomic E-state index is -0.860. The van der Waals surface area contributed by atoms with Gasteiger partial charge >= 0.3 is 5.97 Å². The van der Waals surface area contributed by atoms with Crippen molar-refractivity contribution in [3.63, 3.8) is 0 Å². The molecule has 1 atom stereocenters. The number of aryl methyl sites for hydroxylation is 1. The number of nitrogens with zero attached hydrogens (tertiary/aromatic N) is 2. The first-order chi connectivity index (χ1) is 10.6. The van der Waals surface area contributed by atoms with Crippen molar-refractivity contribution in [3.05, 3.63) is 53.1 Å². The summed E-state index contributed by atoms with van der Waals surface area (Å²) in [7, 11) is 0. The number of piperidine rings is 1. The van der Waals surface area contributed by atoms with Gasteiger partial charge in [-0.1, -0.05) is 12.1 Å². The molecule has 5 nitrogen and oxygen atoms in total. The van der Waals surface area contributed by atoms with Crippen LogP contribution in [0.1, 0.15) is 46.1 Å². The molecule has 116 valence electrons. The Morgan fingerprint density at radius 2 is 2.36 bits per heavy atom. The number of imidazole rings is 1. The molecule has 1 aliphatic rings. The lowest BCUT2D eigenvalue weighted by molar-refractivity contribution is 0.0696. The SMILES string of the molecule is Cc1[nH]cnc1CN1CCCC(c2cccc(C(=O)O)c2)C1. The second-order valence-corrected chi connectivity index (χ2v) is 5.98. The van der Waals surface area contributed by atoms with Crippen LogP contribution in [0.5, 0.6) is 0 Å². The fourth-order valence-electron chi connectivity index (χ4n) is 3.16. The Hall–Kier alpha value is -2.14. The summed E-state index contributed by atoms with van der Waals surface area (Å²) < 4.78 is 0. The largest absolute Gasteiger partial charge is 0.478 e. The van der Waals surface area contributed by atoms with E-state index in [1.165, 1.54) is 0 Å². The highest BCUT2D eigenvalue weighted by molar-refractivity contribution is 5.87. The number of hydrogen-bond acceptors (Lipinski definition) is 3. The third-order valence-electron chi connectivity index (χ3n) is 4.42. The fraction of sp³-hybridized carbons (Fsp3) is 0.412. The fourth-order valence-corrected chi connectivity index (χ4v) is 3.16. The standard InChI is InChI=1S/C17H21N3O2/c1-12-16(19-11-18-12)10-20-7-3-6-15(9-20)13-4-2-5-14(8-13)17(21)22/h2,4-5,8,11,15H,3,6-7,9-10H2,1H3,(H,18,19)(H,21,22). The van der Waals surface area contributed by atoms with Gasteiger partial charge in [-0.15, -0.1) is 0 Å². The van der Waals surface area contributed by atoms with Crippen molar-refractivity contribution in [1.29, 1.82) is 0 Å². The summed E-state index contributed by atoms with van der Waals surface area (Å²) in [5.74, 6) is -0.464. The Morgan fingerprint density at radius 1 is 1.50 bits per heavy atom. The molecule has 2 N–H and O–H groups in total. The molecule has 22 heavy (non-hydrogen) atoms. The molecule has 3 rings (SSSR count). The van der Waals surface area contributed by atoms with Gasteiger partial charge in [0.05, 0.1) is 17.6 Å². The summed E-state index contributed by atoms with van der Waals surface area (Å²) in [6.45, 7) is 4.92. The zero-order valence-corrected chi connectivity index (χ0v) is 12.7. The van der Waals surface area contributed by atoms with E-state index in [1.54, 1.807) is 12.4 Å². The van der Waals surface area contributed by atoms with Crippen molar-refractivity contribution in [3.8, 4) is 0 Å². The summed E-state index contributed by atoms with van der Waals surface area (Å²) in [5.41, 5.74) is 3.72. The average molecular weight is 299 g/mol. The highest BCUT2D eigenvalue weighted by atomic mass is 16.4. The van der Waals surface area contributed by atoms with E-state index in [4.69, 9.17) is 5.11 Å². The van der Waals surface area contributed by atoms with Gasteiger partial charge < -0.3 is 10.1 Å². The van der Waals surface area contributed by atoms with Gasteiger partial charge in [-0.05, 0) is 49.9 Å². The van der Waals surface area contributed by atoms with E-state index in [1.807, 2.05) is 25.1 Å². The monoisotopic (exact) mass is 299 g/mol. The van der Waals surface area contributed by atoms with Crippen LogP contribution in [0.4, 0.5) is 0 Å². The molecule has 5 heteroatoms. The van der Waals surface area contributed by atoms with Crippen molar-refractivity contribution in [1.82, 2.24) is 14.9 Å². The Balaban J connectivity index is 1.71. The van der Waals surface area contributed by atoms with Crippen LogP contribution in [0.25, 0.3) is 0 Å². The third kappa shape index (κ3) is 3.20. The zero-order valence-electron chi connectivity index (χ0n) is 12.7. The molecule has 1 aromatic carbocycles. The number of H-pyrrole nitrogens is 1. The first-order valence-electron chi connectivity index (χ1n) is 7.68. The molecule has 0 bridgehead atoms. The molecule has 0 saturated carbocycles. The minimum Gasteiger partial charge on any atom is -0.478 e. The maximum absolute atomic E-state index is 11.1. The molecule has 0 aliphatic carbocycles. The number of carboxylic acid groups (broad SMARTS) is 1. The number of carboxylic acids is 1. The zero-order chi connectivity index (χ0) is 15.5. The molecule has 2 aromatic rings. The van der Waals surface area contributed by atoms with E-state index in [0.717, 1.165) is 49.4 Å². The van der Waals surface area contributed by atoms with Crippen molar-refractivity contribution in [2.45, 2.75) is 32.2 Å². The maximum atomic E-state index is 11.1. The van der Waals surface area contributed by atoms with E-state index in [2.05, 4.69) is 14.9 Å². The number of aromatic nitrogens is 2. The Kier molecular flexibility index (Phi) is 4.24. The van der Waals surface area contributed by atoms with Crippen LogP contribution in [-0.2, 0) is 6.54 Å². The number of rotatable bonds is 4. The van der Waals surface area contributed by atoms with Crippen LogP contribution in [0.3, 0.4) is 0 Å². The predicted octanol–water partition coefficient (Wildman–Crippen LogP) is 2.80. The average Bonchev–Trinajstić information content (AvgIpc) is 2.93. The molecular weight excluding hydrogens is 278 g/mol. The number of hydrogen-bond donors (Lipinski definition) is 2. The minimum absolute atomic E-state index is 0.373. The number of benzene rings is 1. The van der Waals surface area contributed by atoms with E-state index in [9.17, 15) is 4.79 Å². The van der Waals surface area contributed by atoms with E-state index >= 15 is 0 Å². The van der Waals surface area contributed by atoms with Crippen LogP contribution in [0.15, 0.2) is 30.6 Å². The van der Waals surface area contributed by atoms with E-state index < -0.39 is 5.97 Å². The summed E-state index contributed by atoms with van der Waals surface area (Å²) >= 11 is 0. The van der Waals surface area contributed by atoms with Gasteiger partial charge in [0.1, 0.15) is 0 Å². The van der Waals surface area contributed by atoms with Crippen molar-refractivity contribution < 1.29 is 9.90 Å². The first-order valence-corrected chi connectivity index (χ1v) is 7.68. The predicted molar refractivity (Wildman–Crippen MR) is 84.0 cm³/mol. The molecule has 1 saturated heterocycles. The third-order valence-corrected chi connectivity index (χ3v) is 4.42. The topological polar surface area (TPSA) is 69.2 Å². The Labute approximate surface area is 130 Å². The van der Waals surface area contributed by atoms with Gasteiger partial charge in [0, 0.05) is 18.8 Å². The first kappa shape index (κ1) is 14.8. The Bertz CT molecular complexity index is 665. The Morgan fingerprint density at radius 3 is 3.09 bits per heavy atom. The van der Waals surface area contributed by atoms with Crippen LogP contribution in [0.2, 0.25) is 0 Å². The molecule has 0 amide bonds. The molecule has 0 spiro atoms. The van der Waals surface area contributed by atoms with Gasteiger partial charge in [0.15, 0.2) is 0 Å². The van der Waals surface area contributed by atoms with Gasteiger partial charge in [0.25, 0.3) is 0 Å². The van der Waals surface area contributed by atoms with Gasteiger partial charge in [-0.25, -0.2) is 9.78 Å². The molecular formula is C17H21N3O2. The molecule has 1 aliphatic heterocycles. The van der Waals surface area contributed by atoms with Crippen LogP contribution in [0, 0.1) is 6.92 Å². The van der Waals surface area contributed by atoms with Crippen LogP contribution < -0.4 is 0 Å². The summed E-state index contributed by atoms with van der Waals surface area (Å²) in [5, 5.41) is 9.14. The summed E-state index contributed by atoms with van der Waals surface area (Å²) in [4.78, 5) is 21.0. The molecule has 1 aromatic heterocycles. The lowest BCUT2D eigenvalue weighted by Crippen LogP contribution is -2.34. The number of aromatic amines is 1. The quantitative estimate of drug-likeness (QED) is 0.911. The van der Waals surface area contributed by atoms with E-state index in [0.29, 0.717) is 11.5 Å². The van der Waals surface area contributed by atoms with Gasteiger partial charge in [0.2, 0.25) is 0 Å². The second kappa shape index (κ2) is 6.32. The smallest absolute Gasteiger partial charge is 0.335 e. The van der Waals surface area contributed by atoms with Crippen molar-refractivity contribution >= 4 is 5.97 Å². The van der Waals surface area contributed by atoms with Gasteiger partial charge in [-0.2, -0.15) is 0 Å².